The van der Waals surface area contributed by atoms with Gasteiger partial charge >= 0.3 is 0 Å². The number of ether oxygens (including phenoxy) is 1. The molecule has 1 saturated heterocycles. The monoisotopic (exact) mass is 442 g/mol. The van der Waals surface area contributed by atoms with Gasteiger partial charge in [-0.25, -0.2) is 4.99 Å². The number of aliphatic imine (C=N–C) groups is 1. The van der Waals surface area contributed by atoms with Crippen LogP contribution in [-0.4, -0.2) is 44.2 Å². The number of guanidine groups is 1. The molecule has 1 aliphatic rings. The summed E-state index contributed by atoms with van der Waals surface area (Å²) in [5.74, 6) is 0.680. The van der Waals surface area contributed by atoms with Crippen LogP contribution >= 0.6 is 11.6 Å². The summed E-state index contributed by atoms with van der Waals surface area (Å²) in [5, 5.41) is 10.3. The van der Waals surface area contributed by atoms with Gasteiger partial charge in [0.1, 0.15) is 0 Å². The average molecular weight is 443 g/mol. The Bertz CT molecular complexity index is 864. The van der Waals surface area contributed by atoms with E-state index in [1.165, 1.54) is 5.56 Å². The topological polar surface area (TPSA) is 74.8 Å². The van der Waals surface area contributed by atoms with Crippen LogP contribution in [0.15, 0.2) is 53.5 Å². The van der Waals surface area contributed by atoms with Crippen LogP contribution in [0, 0.1) is 0 Å². The van der Waals surface area contributed by atoms with Crippen LogP contribution in [0.3, 0.4) is 0 Å². The van der Waals surface area contributed by atoms with E-state index < -0.39 is 0 Å². The van der Waals surface area contributed by atoms with Gasteiger partial charge in [0.2, 0.25) is 0 Å². The van der Waals surface area contributed by atoms with Gasteiger partial charge in [0, 0.05) is 36.8 Å². The molecule has 1 aliphatic heterocycles. The van der Waals surface area contributed by atoms with Gasteiger partial charge in [-0.1, -0.05) is 35.9 Å². The molecule has 1 fully saturated rings. The van der Waals surface area contributed by atoms with Crippen LogP contribution in [0.5, 0.6) is 0 Å². The van der Waals surface area contributed by atoms with Crippen LogP contribution in [0.2, 0.25) is 5.02 Å². The number of benzene rings is 2. The molecule has 0 aliphatic carbocycles. The average Bonchev–Trinajstić information content (AvgIpc) is 3.31. The molecule has 0 radical (unpaired) electrons. The highest BCUT2D eigenvalue weighted by Crippen LogP contribution is 2.12. The predicted molar refractivity (Wildman–Crippen MR) is 126 cm³/mol. The molecule has 2 aromatic carbocycles. The Balaban J connectivity index is 1.51. The van der Waals surface area contributed by atoms with Crippen molar-refractivity contribution in [3.8, 4) is 0 Å². The predicted octanol–water partition coefficient (Wildman–Crippen LogP) is 3.55. The van der Waals surface area contributed by atoms with Crippen LogP contribution in [0.25, 0.3) is 0 Å². The molecule has 1 amide bonds. The van der Waals surface area contributed by atoms with Crippen molar-refractivity contribution in [3.05, 3.63) is 70.2 Å². The molecular formula is C24H31ClN4O2. The highest BCUT2D eigenvalue weighted by atomic mass is 35.5. The molecule has 3 N–H and O–H groups in total. The molecule has 166 valence electrons. The number of carbonyl (C=O) groups excluding carboxylic acids is 1. The van der Waals surface area contributed by atoms with Gasteiger partial charge < -0.3 is 20.7 Å². The Morgan fingerprint density at radius 3 is 2.71 bits per heavy atom. The van der Waals surface area contributed by atoms with Gasteiger partial charge in [0.25, 0.3) is 5.91 Å². The molecule has 0 bridgehead atoms. The zero-order valence-electron chi connectivity index (χ0n) is 18.0. The highest BCUT2D eigenvalue weighted by Gasteiger charge is 2.16. The summed E-state index contributed by atoms with van der Waals surface area (Å²) in [4.78, 5) is 17.1. The van der Waals surface area contributed by atoms with E-state index in [0.29, 0.717) is 18.7 Å². The molecule has 0 spiro atoms. The second-order valence-electron chi connectivity index (χ2n) is 7.54. The first-order valence-electron chi connectivity index (χ1n) is 10.9. The molecular weight excluding hydrogens is 412 g/mol. The van der Waals surface area contributed by atoms with E-state index in [1.807, 2.05) is 55.5 Å². The maximum Gasteiger partial charge on any atom is 0.251 e. The number of hydrogen-bond donors (Lipinski definition) is 3. The molecule has 1 atom stereocenters. The van der Waals surface area contributed by atoms with Crippen molar-refractivity contribution in [1.29, 1.82) is 0 Å². The molecule has 0 aromatic heterocycles. The van der Waals surface area contributed by atoms with Gasteiger partial charge in [-0.15, -0.1) is 0 Å². The summed E-state index contributed by atoms with van der Waals surface area (Å²) in [6.45, 7) is 5.41. The lowest BCUT2D eigenvalue weighted by Gasteiger charge is -2.12. The fourth-order valence-corrected chi connectivity index (χ4v) is 3.54. The summed E-state index contributed by atoms with van der Waals surface area (Å²) >= 11 is 5.94. The minimum atomic E-state index is -0.0747. The number of carbonyl (C=O) groups is 1. The second kappa shape index (κ2) is 12.3. The van der Waals surface area contributed by atoms with Crippen molar-refractivity contribution in [2.45, 2.75) is 38.8 Å². The fourth-order valence-electron chi connectivity index (χ4n) is 3.41. The van der Waals surface area contributed by atoms with E-state index in [9.17, 15) is 4.79 Å². The standard InChI is InChI=1S/C24H31ClN4O2/c1-2-26-24(27-13-12-18-8-10-21(25)11-9-18)29-16-19-5-3-6-20(15-19)23(30)28-17-22-7-4-14-31-22/h3,5-6,8-11,15,22H,2,4,7,12-14,16-17H2,1H3,(H,28,30)(H2,26,27,29). The molecule has 31 heavy (non-hydrogen) atoms. The van der Waals surface area contributed by atoms with Crippen LogP contribution in [0.1, 0.15) is 41.3 Å². The summed E-state index contributed by atoms with van der Waals surface area (Å²) in [7, 11) is 0. The normalized spacial score (nSPS) is 16.2. The lowest BCUT2D eigenvalue weighted by atomic mass is 10.1. The van der Waals surface area contributed by atoms with E-state index in [0.717, 1.165) is 55.5 Å². The molecule has 0 saturated carbocycles. The van der Waals surface area contributed by atoms with Gasteiger partial charge in [0.05, 0.1) is 12.6 Å². The first-order valence-corrected chi connectivity index (χ1v) is 11.3. The Labute approximate surface area is 189 Å². The first kappa shape index (κ1) is 23.1. The fraction of sp³-hybridized carbons (Fsp3) is 0.417. The maximum atomic E-state index is 12.5. The smallest absolute Gasteiger partial charge is 0.251 e. The Kier molecular flexibility index (Phi) is 9.18. The number of hydrogen-bond acceptors (Lipinski definition) is 3. The first-order chi connectivity index (χ1) is 15.1. The number of rotatable bonds is 9. The van der Waals surface area contributed by atoms with Crippen molar-refractivity contribution < 1.29 is 9.53 Å². The Hall–Kier alpha value is -2.57. The van der Waals surface area contributed by atoms with Gasteiger partial charge in [-0.3, -0.25) is 4.79 Å². The summed E-state index contributed by atoms with van der Waals surface area (Å²) in [6.07, 6.45) is 3.09. The van der Waals surface area contributed by atoms with Crippen LogP contribution in [-0.2, 0) is 17.7 Å². The number of halogens is 1. The molecule has 7 heteroatoms. The lowest BCUT2D eigenvalue weighted by molar-refractivity contribution is 0.0857. The molecule has 6 nitrogen and oxygen atoms in total. The molecule has 1 unspecified atom stereocenters. The van der Waals surface area contributed by atoms with Gasteiger partial charge in [-0.2, -0.15) is 0 Å². The van der Waals surface area contributed by atoms with Crippen LogP contribution < -0.4 is 16.0 Å². The van der Waals surface area contributed by atoms with Crippen molar-refractivity contribution >= 4 is 23.5 Å². The SMILES string of the molecule is CCNC(=NCc1cccc(C(=O)NCC2CCCO2)c1)NCCc1ccc(Cl)cc1. The minimum absolute atomic E-state index is 0.0747. The third-order valence-electron chi connectivity index (χ3n) is 5.09. The number of amides is 1. The number of nitrogens with zero attached hydrogens (tertiary/aromatic N) is 1. The molecule has 2 aromatic rings. The van der Waals surface area contributed by atoms with Crippen LogP contribution in [0.4, 0.5) is 0 Å². The quantitative estimate of drug-likeness (QED) is 0.410. The van der Waals surface area contributed by atoms with E-state index in [-0.39, 0.29) is 12.0 Å². The third-order valence-corrected chi connectivity index (χ3v) is 5.34. The largest absolute Gasteiger partial charge is 0.376 e. The van der Waals surface area contributed by atoms with E-state index in [2.05, 4.69) is 20.9 Å². The van der Waals surface area contributed by atoms with Crippen molar-refractivity contribution in [2.24, 2.45) is 4.99 Å². The van der Waals surface area contributed by atoms with E-state index in [1.54, 1.807) is 0 Å². The molecule has 3 rings (SSSR count). The highest BCUT2D eigenvalue weighted by molar-refractivity contribution is 6.30. The molecule has 1 heterocycles. The minimum Gasteiger partial charge on any atom is -0.376 e. The van der Waals surface area contributed by atoms with E-state index >= 15 is 0 Å². The zero-order chi connectivity index (χ0) is 21.9. The van der Waals surface area contributed by atoms with Gasteiger partial charge in [0.15, 0.2) is 5.96 Å². The summed E-state index contributed by atoms with van der Waals surface area (Å²) < 4.78 is 5.56. The van der Waals surface area contributed by atoms with Crippen molar-refractivity contribution in [2.75, 3.05) is 26.2 Å². The van der Waals surface area contributed by atoms with Crippen molar-refractivity contribution in [1.82, 2.24) is 16.0 Å². The maximum absolute atomic E-state index is 12.5. The van der Waals surface area contributed by atoms with Crippen molar-refractivity contribution in [3.63, 3.8) is 0 Å². The Morgan fingerprint density at radius 2 is 1.97 bits per heavy atom. The summed E-state index contributed by atoms with van der Waals surface area (Å²) in [5.41, 5.74) is 2.85. The zero-order valence-corrected chi connectivity index (χ0v) is 18.8. The van der Waals surface area contributed by atoms with E-state index in [4.69, 9.17) is 16.3 Å². The summed E-state index contributed by atoms with van der Waals surface area (Å²) in [6, 6.07) is 15.5. The number of nitrogens with one attached hydrogen (secondary N) is 3. The Morgan fingerprint density at radius 1 is 1.13 bits per heavy atom. The lowest BCUT2D eigenvalue weighted by Crippen LogP contribution is -2.38. The second-order valence-corrected chi connectivity index (χ2v) is 7.98. The van der Waals surface area contributed by atoms with Gasteiger partial charge in [-0.05, 0) is 61.6 Å². The third kappa shape index (κ3) is 7.89.